The van der Waals surface area contributed by atoms with Crippen LogP contribution < -0.4 is 15.4 Å². The molecular formula is C18H22N2O2. The quantitative estimate of drug-likeness (QED) is 0.852. The zero-order valence-corrected chi connectivity index (χ0v) is 13.2. The van der Waals surface area contributed by atoms with E-state index in [0.717, 1.165) is 22.7 Å². The first-order chi connectivity index (χ1) is 10.6. The predicted molar refractivity (Wildman–Crippen MR) is 90.5 cm³/mol. The fraction of sp³-hybridized carbons (Fsp3) is 0.278. The van der Waals surface area contributed by atoms with Gasteiger partial charge in [0.25, 0.3) is 0 Å². The van der Waals surface area contributed by atoms with Crippen molar-refractivity contribution >= 4 is 17.3 Å². The topological polar surface area (TPSA) is 50.4 Å². The molecule has 0 fully saturated rings. The molecule has 0 bridgehead atoms. The van der Waals surface area contributed by atoms with E-state index in [1.807, 2.05) is 69.3 Å². The van der Waals surface area contributed by atoms with E-state index in [2.05, 4.69) is 10.6 Å². The third kappa shape index (κ3) is 4.01. The highest BCUT2D eigenvalue weighted by Gasteiger charge is 2.15. The number of hydrogen-bond acceptors (Lipinski definition) is 3. The summed E-state index contributed by atoms with van der Waals surface area (Å²) in [5.74, 6) is 0.668. The van der Waals surface area contributed by atoms with Crippen molar-refractivity contribution in [3.63, 3.8) is 0 Å². The van der Waals surface area contributed by atoms with Gasteiger partial charge in [-0.3, -0.25) is 4.79 Å². The Morgan fingerprint density at radius 2 is 1.73 bits per heavy atom. The number of benzene rings is 2. The monoisotopic (exact) mass is 298 g/mol. The van der Waals surface area contributed by atoms with Gasteiger partial charge in [-0.25, -0.2) is 0 Å². The van der Waals surface area contributed by atoms with E-state index in [4.69, 9.17) is 4.74 Å². The van der Waals surface area contributed by atoms with Gasteiger partial charge in [0.15, 0.2) is 0 Å². The van der Waals surface area contributed by atoms with Crippen LogP contribution >= 0.6 is 0 Å². The largest absolute Gasteiger partial charge is 0.492 e. The molecule has 0 spiro atoms. The molecule has 0 aliphatic rings. The molecule has 2 rings (SSSR count). The average molecular weight is 298 g/mol. The first kappa shape index (κ1) is 15.9. The molecule has 0 saturated carbocycles. The number of para-hydroxylation sites is 3. The number of hydrogen-bond donors (Lipinski definition) is 2. The maximum atomic E-state index is 12.3. The lowest BCUT2D eigenvalue weighted by Gasteiger charge is -2.18. The molecule has 0 heterocycles. The van der Waals surface area contributed by atoms with Crippen molar-refractivity contribution in [3.8, 4) is 5.75 Å². The minimum absolute atomic E-state index is 0.0828. The lowest BCUT2D eigenvalue weighted by Crippen LogP contribution is -2.32. The van der Waals surface area contributed by atoms with Crippen LogP contribution in [0.15, 0.2) is 48.5 Å². The molecule has 0 aliphatic carbocycles. The molecule has 22 heavy (non-hydrogen) atoms. The minimum atomic E-state index is -0.374. The zero-order chi connectivity index (χ0) is 15.9. The predicted octanol–water partition coefficient (Wildman–Crippen LogP) is 3.83. The van der Waals surface area contributed by atoms with Crippen molar-refractivity contribution in [2.75, 3.05) is 17.2 Å². The number of rotatable bonds is 6. The van der Waals surface area contributed by atoms with Gasteiger partial charge < -0.3 is 15.4 Å². The Morgan fingerprint density at radius 3 is 2.41 bits per heavy atom. The summed E-state index contributed by atoms with van der Waals surface area (Å²) in [7, 11) is 0. The first-order valence-electron chi connectivity index (χ1n) is 7.46. The molecule has 0 aromatic heterocycles. The molecule has 1 atom stereocenters. The molecule has 4 nitrogen and oxygen atoms in total. The molecule has 2 aromatic rings. The summed E-state index contributed by atoms with van der Waals surface area (Å²) in [6, 6.07) is 15.0. The zero-order valence-electron chi connectivity index (χ0n) is 13.2. The van der Waals surface area contributed by atoms with E-state index in [1.54, 1.807) is 0 Å². The Morgan fingerprint density at radius 1 is 1.09 bits per heavy atom. The van der Waals surface area contributed by atoms with Crippen molar-refractivity contribution in [1.29, 1.82) is 0 Å². The van der Waals surface area contributed by atoms with Gasteiger partial charge in [0.2, 0.25) is 5.91 Å². The Balaban J connectivity index is 2.04. The Labute approximate surface area is 131 Å². The molecule has 2 aromatic carbocycles. The van der Waals surface area contributed by atoms with Gasteiger partial charge in [-0.1, -0.05) is 30.3 Å². The molecule has 0 saturated heterocycles. The number of carbonyl (C=O) groups excluding carboxylic acids is 1. The third-order valence-corrected chi connectivity index (χ3v) is 3.36. The van der Waals surface area contributed by atoms with Crippen molar-refractivity contribution in [1.82, 2.24) is 0 Å². The van der Waals surface area contributed by atoms with E-state index < -0.39 is 0 Å². The second kappa shape index (κ2) is 7.50. The highest BCUT2D eigenvalue weighted by Crippen LogP contribution is 2.24. The summed E-state index contributed by atoms with van der Waals surface area (Å²) in [5.41, 5.74) is 2.69. The van der Waals surface area contributed by atoms with Crippen molar-refractivity contribution in [3.05, 3.63) is 54.1 Å². The number of ether oxygens (including phenoxy) is 1. The van der Waals surface area contributed by atoms with Crippen LogP contribution in [-0.2, 0) is 4.79 Å². The number of anilines is 2. The maximum absolute atomic E-state index is 12.3. The van der Waals surface area contributed by atoms with Gasteiger partial charge in [-0.15, -0.1) is 0 Å². The SMILES string of the molecule is CCOc1ccccc1NC(C)C(=O)Nc1ccccc1C. The Bertz CT molecular complexity index is 640. The summed E-state index contributed by atoms with van der Waals surface area (Å²) >= 11 is 0. The van der Waals surface area contributed by atoms with Crippen molar-refractivity contribution in [2.45, 2.75) is 26.8 Å². The molecule has 0 radical (unpaired) electrons. The lowest BCUT2D eigenvalue weighted by molar-refractivity contribution is -0.116. The normalized spacial score (nSPS) is 11.6. The van der Waals surface area contributed by atoms with Crippen LogP contribution in [0.4, 0.5) is 11.4 Å². The molecule has 4 heteroatoms. The van der Waals surface area contributed by atoms with Crippen LogP contribution in [0.3, 0.4) is 0 Å². The second-order valence-corrected chi connectivity index (χ2v) is 5.10. The van der Waals surface area contributed by atoms with Crippen LogP contribution in [-0.4, -0.2) is 18.6 Å². The summed E-state index contributed by atoms with van der Waals surface area (Å²) in [5, 5.41) is 6.14. The Kier molecular flexibility index (Phi) is 5.42. The minimum Gasteiger partial charge on any atom is -0.492 e. The van der Waals surface area contributed by atoms with E-state index in [0.29, 0.717) is 6.61 Å². The second-order valence-electron chi connectivity index (χ2n) is 5.10. The standard InChI is InChI=1S/C18H22N2O2/c1-4-22-17-12-8-7-11-16(17)19-14(3)18(21)20-15-10-6-5-9-13(15)2/h5-12,14,19H,4H2,1-3H3,(H,20,21). The lowest BCUT2D eigenvalue weighted by atomic mass is 10.2. The summed E-state index contributed by atoms with van der Waals surface area (Å²) < 4.78 is 5.56. The molecule has 1 unspecified atom stereocenters. The molecule has 2 N–H and O–H groups in total. The fourth-order valence-corrected chi connectivity index (χ4v) is 2.12. The molecule has 116 valence electrons. The van der Waals surface area contributed by atoms with E-state index in [-0.39, 0.29) is 11.9 Å². The number of carbonyl (C=O) groups is 1. The van der Waals surface area contributed by atoms with Gasteiger partial charge in [-0.05, 0) is 44.5 Å². The van der Waals surface area contributed by atoms with Gasteiger partial charge in [-0.2, -0.15) is 0 Å². The van der Waals surface area contributed by atoms with Gasteiger partial charge >= 0.3 is 0 Å². The van der Waals surface area contributed by atoms with Crippen LogP contribution in [0.25, 0.3) is 0 Å². The number of aryl methyl sites for hydroxylation is 1. The number of nitrogens with one attached hydrogen (secondary N) is 2. The molecule has 0 aliphatic heterocycles. The van der Waals surface area contributed by atoms with Crippen molar-refractivity contribution < 1.29 is 9.53 Å². The highest BCUT2D eigenvalue weighted by molar-refractivity contribution is 5.97. The number of amides is 1. The van der Waals surface area contributed by atoms with Crippen LogP contribution in [0.1, 0.15) is 19.4 Å². The van der Waals surface area contributed by atoms with E-state index in [1.165, 1.54) is 0 Å². The highest BCUT2D eigenvalue weighted by atomic mass is 16.5. The van der Waals surface area contributed by atoms with Gasteiger partial charge in [0.1, 0.15) is 11.8 Å². The third-order valence-electron chi connectivity index (χ3n) is 3.36. The van der Waals surface area contributed by atoms with Crippen LogP contribution in [0, 0.1) is 6.92 Å². The summed E-state index contributed by atoms with van der Waals surface area (Å²) in [6.07, 6.45) is 0. The van der Waals surface area contributed by atoms with Gasteiger partial charge in [0.05, 0.1) is 12.3 Å². The van der Waals surface area contributed by atoms with Gasteiger partial charge in [0, 0.05) is 5.69 Å². The van der Waals surface area contributed by atoms with Crippen LogP contribution in [0.5, 0.6) is 5.75 Å². The molecular weight excluding hydrogens is 276 g/mol. The fourth-order valence-electron chi connectivity index (χ4n) is 2.12. The van der Waals surface area contributed by atoms with Crippen LogP contribution in [0.2, 0.25) is 0 Å². The average Bonchev–Trinajstić information content (AvgIpc) is 2.51. The maximum Gasteiger partial charge on any atom is 0.246 e. The van der Waals surface area contributed by atoms with Crippen molar-refractivity contribution in [2.24, 2.45) is 0 Å². The first-order valence-corrected chi connectivity index (χ1v) is 7.46. The molecule has 1 amide bonds. The van der Waals surface area contributed by atoms with E-state index in [9.17, 15) is 4.79 Å². The van der Waals surface area contributed by atoms with E-state index >= 15 is 0 Å². The smallest absolute Gasteiger partial charge is 0.246 e. The summed E-state index contributed by atoms with van der Waals surface area (Å²) in [6.45, 7) is 6.32. The summed E-state index contributed by atoms with van der Waals surface area (Å²) in [4.78, 5) is 12.3. The Hall–Kier alpha value is -2.49.